The summed E-state index contributed by atoms with van der Waals surface area (Å²) in [5.74, 6) is 6.54. The lowest BCUT2D eigenvalue weighted by Gasteiger charge is -2.54. The van der Waals surface area contributed by atoms with Gasteiger partial charge in [0.1, 0.15) is 0 Å². The Labute approximate surface area is 202 Å². The number of rotatable bonds is 9. The van der Waals surface area contributed by atoms with Gasteiger partial charge in [-0.05, 0) is 105 Å². The zero-order chi connectivity index (χ0) is 22.2. The monoisotopic (exact) mass is 442 g/mol. The van der Waals surface area contributed by atoms with Crippen LogP contribution in [0.15, 0.2) is 0 Å². The maximum Gasteiger partial charge on any atom is -0.0241 e. The van der Waals surface area contributed by atoms with Gasteiger partial charge in [-0.1, -0.05) is 97.3 Å². The molecule has 0 unspecified atom stereocenters. The molecule has 0 aromatic carbocycles. The van der Waals surface area contributed by atoms with E-state index < -0.39 is 0 Å². The minimum atomic E-state index is 0.769. The van der Waals surface area contributed by atoms with E-state index in [1.54, 1.807) is 109 Å². The Kier molecular flexibility index (Phi) is 9.91. The summed E-state index contributed by atoms with van der Waals surface area (Å²) >= 11 is 0. The third kappa shape index (κ3) is 6.16. The molecule has 0 saturated heterocycles. The standard InChI is InChI=1S/C32H58/c1-3-5-7-11-27-16-20-31(21-17-27)32(30-12-8-6-9-13-30)24-22-29(23-25-32)28-18-14-26(10-4-2)15-19-28/h26-31H,3-25H2,1-2H3. The highest BCUT2D eigenvalue weighted by Crippen LogP contribution is 2.59. The van der Waals surface area contributed by atoms with Gasteiger partial charge in [0, 0.05) is 0 Å². The molecule has 0 radical (unpaired) electrons. The summed E-state index contributed by atoms with van der Waals surface area (Å²) in [4.78, 5) is 0. The highest BCUT2D eigenvalue weighted by Gasteiger charge is 2.48. The van der Waals surface area contributed by atoms with Crippen LogP contribution in [0.2, 0.25) is 0 Å². The maximum absolute atomic E-state index is 2.39. The van der Waals surface area contributed by atoms with E-state index >= 15 is 0 Å². The van der Waals surface area contributed by atoms with Gasteiger partial charge in [0.25, 0.3) is 0 Å². The van der Waals surface area contributed by atoms with E-state index in [2.05, 4.69) is 13.8 Å². The first-order chi connectivity index (χ1) is 15.7. The van der Waals surface area contributed by atoms with Gasteiger partial charge < -0.3 is 0 Å². The molecule has 4 aliphatic carbocycles. The Morgan fingerprint density at radius 1 is 0.500 bits per heavy atom. The Bertz CT molecular complexity index is 490. The average molecular weight is 443 g/mol. The van der Waals surface area contributed by atoms with Crippen molar-refractivity contribution in [2.45, 2.75) is 162 Å². The predicted molar refractivity (Wildman–Crippen MR) is 141 cm³/mol. The van der Waals surface area contributed by atoms with E-state index in [0.29, 0.717) is 0 Å². The molecule has 0 N–H and O–H groups in total. The van der Waals surface area contributed by atoms with Crippen LogP contribution in [0.5, 0.6) is 0 Å². The van der Waals surface area contributed by atoms with Crippen molar-refractivity contribution in [2.24, 2.45) is 40.9 Å². The normalized spacial score (nSPS) is 39.8. The topological polar surface area (TPSA) is 0 Å². The fourth-order valence-electron chi connectivity index (χ4n) is 9.54. The lowest BCUT2D eigenvalue weighted by Crippen LogP contribution is -2.44. The Morgan fingerprint density at radius 2 is 1.06 bits per heavy atom. The van der Waals surface area contributed by atoms with Crippen LogP contribution in [-0.4, -0.2) is 0 Å². The first-order valence-corrected chi connectivity index (χ1v) is 15.7. The molecular formula is C32H58. The van der Waals surface area contributed by atoms with E-state index in [0.717, 1.165) is 40.9 Å². The predicted octanol–water partition coefficient (Wildman–Crippen LogP) is 10.7. The second kappa shape index (κ2) is 12.6. The molecule has 0 nitrogen and oxygen atoms in total. The lowest BCUT2D eigenvalue weighted by atomic mass is 9.51. The molecule has 4 fully saturated rings. The van der Waals surface area contributed by atoms with Gasteiger partial charge in [0.15, 0.2) is 0 Å². The smallest absolute Gasteiger partial charge is 0.0241 e. The molecule has 4 aliphatic rings. The first-order valence-electron chi connectivity index (χ1n) is 15.7. The molecule has 0 amide bonds. The molecular weight excluding hydrogens is 384 g/mol. The molecule has 4 rings (SSSR count). The summed E-state index contributed by atoms with van der Waals surface area (Å²) in [5.41, 5.74) is 0.769. The zero-order valence-corrected chi connectivity index (χ0v) is 22.2. The van der Waals surface area contributed by atoms with Crippen LogP contribution in [0.3, 0.4) is 0 Å². The first kappa shape index (κ1) is 25.1. The molecule has 4 saturated carbocycles. The quantitative estimate of drug-likeness (QED) is 0.311. The van der Waals surface area contributed by atoms with Crippen molar-refractivity contribution < 1.29 is 0 Å². The summed E-state index contributed by atoms with van der Waals surface area (Å²) in [6, 6.07) is 0. The molecule has 0 spiro atoms. The van der Waals surface area contributed by atoms with E-state index in [1.165, 1.54) is 38.5 Å². The van der Waals surface area contributed by atoms with Crippen molar-refractivity contribution in [3.63, 3.8) is 0 Å². The highest BCUT2D eigenvalue weighted by molar-refractivity contribution is 4.99. The Morgan fingerprint density at radius 3 is 1.69 bits per heavy atom. The van der Waals surface area contributed by atoms with E-state index in [1.807, 2.05) is 0 Å². The Hall–Kier alpha value is 0. The molecule has 186 valence electrons. The van der Waals surface area contributed by atoms with Crippen molar-refractivity contribution in [3.05, 3.63) is 0 Å². The molecule has 0 atom stereocenters. The van der Waals surface area contributed by atoms with Gasteiger partial charge in [-0.3, -0.25) is 0 Å². The van der Waals surface area contributed by atoms with Crippen LogP contribution < -0.4 is 0 Å². The van der Waals surface area contributed by atoms with Crippen molar-refractivity contribution in [1.82, 2.24) is 0 Å². The third-order valence-corrected chi connectivity index (χ3v) is 11.5. The van der Waals surface area contributed by atoms with E-state index in [9.17, 15) is 0 Å². The molecule has 32 heavy (non-hydrogen) atoms. The second-order valence-electron chi connectivity index (χ2n) is 13.2. The van der Waals surface area contributed by atoms with Gasteiger partial charge in [0.2, 0.25) is 0 Å². The number of unbranched alkanes of at least 4 members (excludes halogenated alkanes) is 2. The largest absolute Gasteiger partial charge is 0.0654 e. The highest BCUT2D eigenvalue weighted by atomic mass is 14.5. The summed E-state index contributed by atoms with van der Waals surface area (Å²) in [6.45, 7) is 4.74. The van der Waals surface area contributed by atoms with Crippen molar-refractivity contribution >= 4 is 0 Å². The van der Waals surface area contributed by atoms with Crippen LogP contribution in [0.1, 0.15) is 162 Å². The summed E-state index contributed by atoms with van der Waals surface area (Å²) < 4.78 is 0. The van der Waals surface area contributed by atoms with Crippen LogP contribution in [0.4, 0.5) is 0 Å². The lowest BCUT2D eigenvalue weighted by molar-refractivity contribution is -0.0406. The second-order valence-corrected chi connectivity index (χ2v) is 13.2. The van der Waals surface area contributed by atoms with E-state index in [4.69, 9.17) is 0 Å². The van der Waals surface area contributed by atoms with Crippen LogP contribution in [-0.2, 0) is 0 Å². The minimum Gasteiger partial charge on any atom is -0.0654 e. The van der Waals surface area contributed by atoms with Crippen LogP contribution in [0, 0.1) is 40.9 Å². The van der Waals surface area contributed by atoms with Gasteiger partial charge in [-0.2, -0.15) is 0 Å². The molecule has 0 aromatic rings. The maximum atomic E-state index is 2.39. The van der Waals surface area contributed by atoms with Gasteiger partial charge in [-0.15, -0.1) is 0 Å². The molecule has 0 aromatic heterocycles. The molecule has 0 aliphatic heterocycles. The fourth-order valence-corrected chi connectivity index (χ4v) is 9.54. The minimum absolute atomic E-state index is 0.769. The zero-order valence-electron chi connectivity index (χ0n) is 22.2. The van der Waals surface area contributed by atoms with Crippen molar-refractivity contribution in [2.75, 3.05) is 0 Å². The SMILES string of the molecule is CCCCCC1CCC(C2(C3CCCCC3)CCC(C3CCC(CCC)CC3)CC2)CC1. The summed E-state index contributed by atoms with van der Waals surface area (Å²) in [6.07, 6.45) is 35.7. The summed E-state index contributed by atoms with van der Waals surface area (Å²) in [5, 5.41) is 0. The third-order valence-electron chi connectivity index (χ3n) is 11.5. The fraction of sp³-hybridized carbons (Fsp3) is 1.00. The van der Waals surface area contributed by atoms with Crippen molar-refractivity contribution in [1.29, 1.82) is 0 Å². The van der Waals surface area contributed by atoms with Crippen LogP contribution in [0.25, 0.3) is 0 Å². The average Bonchev–Trinajstić information content (AvgIpc) is 2.86. The molecule has 0 heterocycles. The van der Waals surface area contributed by atoms with Gasteiger partial charge >= 0.3 is 0 Å². The number of hydrogen-bond donors (Lipinski definition) is 0. The molecule has 0 bridgehead atoms. The van der Waals surface area contributed by atoms with Crippen LogP contribution >= 0.6 is 0 Å². The van der Waals surface area contributed by atoms with Gasteiger partial charge in [0.05, 0.1) is 0 Å². The summed E-state index contributed by atoms with van der Waals surface area (Å²) in [7, 11) is 0. The van der Waals surface area contributed by atoms with E-state index in [-0.39, 0.29) is 0 Å². The Balaban J connectivity index is 1.33. The molecule has 0 heteroatoms. The van der Waals surface area contributed by atoms with Crippen molar-refractivity contribution in [3.8, 4) is 0 Å². The number of hydrogen-bond acceptors (Lipinski definition) is 0. The van der Waals surface area contributed by atoms with Gasteiger partial charge in [-0.25, -0.2) is 0 Å².